The van der Waals surface area contributed by atoms with E-state index in [-0.39, 0.29) is 11.9 Å². The van der Waals surface area contributed by atoms with Crippen LogP contribution in [0.2, 0.25) is 0 Å². The van der Waals surface area contributed by atoms with E-state index in [0.29, 0.717) is 12.1 Å². The van der Waals surface area contributed by atoms with Gasteiger partial charge < -0.3 is 11.1 Å². The standard InChI is InChI=1S/C14H15N3O/c15-13(11-5-2-1-3-6-11)10-17-14(18)12-7-4-8-16-9-12/h1-9,13H,10,15H2,(H,17,18). The number of nitrogens with two attached hydrogens (primary N) is 1. The lowest BCUT2D eigenvalue weighted by Gasteiger charge is -2.12. The maximum absolute atomic E-state index is 11.8. The summed E-state index contributed by atoms with van der Waals surface area (Å²) in [4.78, 5) is 15.7. The number of aromatic nitrogens is 1. The first-order chi connectivity index (χ1) is 8.77. The highest BCUT2D eigenvalue weighted by molar-refractivity contribution is 5.93. The molecule has 0 fully saturated rings. The summed E-state index contributed by atoms with van der Waals surface area (Å²) in [6, 6.07) is 12.9. The highest BCUT2D eigenvalue weighted by Gasteiger charge is 2.09. The lowest BCUT2D eigenvalue weighted by atomic mass is 10.1. The first-order valence-electron chi connectivity index (χ1n) is 5.76. The number of pyridine rings is 1. The van der Waals surface area contributed by atoms with Crippen molar-refractivity contribution >= 4 is 5.91 Å². The summed E-state index contributed by atoms with van der Waals surface area (Å²) < 4.78 is 0. The summed E-state index contributed by atoms with van der Waals surface area (Å²) in [6.45, 7) is 0.401. The second kappa shape index (κ2) is 5.93. The lowest BCUT2D eigenvalue weighted by molar-refractivity contribution is 0.0951. The minimum absolute atomic E-state index is 0.158. The molecule has 0 radical (unpaired) electrons. The van der Waals surface area contributed by atoms with E-state index in [9.17, 15) is 4.79 Å². The zero-order valence-corrected chi connectivity index (χ0v) is 9.91. The van der Waals surface area contributed by atoms with E-state index in [0.717, 1.165) is 5.56 Å². The zero-order valence-electron chi connectivity index (χ0n) is 9.91. The molecule has 0 saturated carbocycles. The molecule has 18 heavy (non-hydrogen) atoms. The molecule has 1 aromatic carbocycles. The summed E-state index contributed by atoms with van der Waals surface area (Å²) in [5, 5.41) is 2.79. The number of amides is 1. The van der Waals surface area contributed by atoms with Crippen molar-refractivity contribution < 1.29 is 4.79 Å². The van der Waals surface area contributed by atoms with Gasteiger partial charge in [0.05, 0.1) is 5.56 Å². The van der Waals surface area contributed by atoms with Crippen molar-refractivity contribution in [3.8, 4) is 0 Å². The number of nitrogens with one attached hydrogen (secondary N) is 1. The van der Waals surface area contributed by atoms with Crippen molar-refractivity contribution in [1.29, 1.82) is 0 Å². The first-order valence-corrected chi connectivity index (χ1v) is 5.76. The lowest BCUT2D eigenvalue weighted by Crippen LogP contribution is -2.31. The normalized spacial score (nSPS) is 11.8. The number of rotatable bonds is 4. The van der Waals surface area contributed by atoms with Crippen LogP contribution >= 0.6 is 0 Å². The molecule has 3 N–H and O–H groups in total. The minimum atomic E-state index is -0.202. The molecule has 0 aliphatic rings. The second-order valence-corrected chi connectivity index (χ2v) is 3.97. The van der Waals surface area contributed by atoms with Crippen molar-refractivity contribution in [3.63, 3.8) is 0 Å². The molecule has 1 heterocycles. The van der Waals surface area contributed by atoms with E-state index in [1.54, 1.807) is 18.3 Å². The molecule has 0 aliphatic carbocycles. The number of hydrogen-bond donors (Lipinski definition) is 2. The molecule has 0 saturated heterocycles. The fraction of sp³-hybridized carbons (Fsp3) is 0.143. The molecule has 92 valence electrons. The van der Waals surface area contributed by atoms with Crippen LogP contribution in [-0.4, -0.2) is 17.4 Å². The summed E-state index contributed by atoms with van der Waals surface area (Å²) in [7, 11) is 0. The Morgan fingerprint density at radius 1 is 1.22 bits per heavy atom. The smallest absolute Gasteiger partial charge is 0.252 e. The molecule has 2 rings (SSSR count). The van der Waals surface area contributed by atoms with Gasteiger partial charge in [0, 0.05) is 25.0 Å². The van der Waals surface area contributed by atoms with Crippen LogP contribution in [-0.2, 0) is 0 Å². The maximum atomic E-state index is 11.8. The van der Waals surface area contributed by atoms with Gasteiger partial charge >= 0.3 is 0 Å². The van der Waals surface area contributed by atoms with E-state index < -0.39 is 0 Å². The fourth-order valence-corrected chi connectivity index (χ4v) is 1.62. The van der Waals surface area contributed by atoms with Gasteiger partial charge in [0.15, 0.2) is 0 Å². The second-order valence-electron chi connectivity index (χ2n) is 3.97. The van der Waals surface area contributed by atoms with Gasteiger partial charge in [0.25, 0.3) is 5.91 Å². The molecule has 1 atom stereocenters. The molecular formula is C14H15N3O. The third kappa shape index (κ3) is 3.15. The van der Waals surface area contributed by atoms with E-state index in [1.165, 1.54) is 6.20 Å². The average molecular weight is 241 g/mol. The Morgan fingerprint density at radius 3 is 2.67 bits per heavy atom. The van der Waals surface area contributed by atoms with Crippen LogP contribution in [0, 0.1) is 0 Å². The third-order valence-corrected chi connectivity index (χ3v) is 2.63. The summed E-state index contributed by atoms with van der Waals surface area (Å²) >= 11 is 0. The molecule has 1 amide bonds. The summed E-state index contributed by atoms with van der Waals surface area (Å²) in [5.74, 6) is -0.158. The Bertz CT molecular complexity index is 499. The zero-order chi connectivity index (χ0) is 12.8. The molecule has 0 spiro atoms. The number of carbonyl (C=O) groups excluding carboxylic acids is 1. The van der Waals surface area contributed by atoms with Gasteiger partial charge in [-0.2, -0.15) is 0 Å². The van der Waals surface area contributed by atoms with Gasteiger partial charge in [-0.15, -0.1) is 0 Å². The number of hydrogen-bond acceptors (Lipinski definition) is 3. The number of benzene rings is 1. The summed E-state index contributed by atoms with van der Waals surface area (Å²) in [6.07, 6.45) is 3.16. The van der Waals surface area contributed by atoms with Crippen molar-refractivity contribution in [1.82, 2.24) is 10.3 Å². The fourth-order valence-electron chi connectivity index (χ4n) is 1.62. The van der Waals surface area contributed by atoms with Crippen LogP contribution in [0.4, 0.5) is 0 Å². The van der Waals surface area contributed by atoms with Crippen LogP contribution in [0.5, 0.6) is 0 Å². The number of nitrogens with zero attached hydrogens (tertiary/aromatic N) is 1. The Hall–Kier alpha value is -2.20. The van der Waals surface area contributed by atoms with E-state index in [2.05, 4.69) is 10.3 Å². The van der Waals surface area contributed by atoms with Gasteiger partial charge in [0.2, 0.25) is 0 Å². The van der Waals surface area contributed by atoms with Crippen LogP contribution in [0.3, 0.4) is 0 Å². The molecule has 2 aromatic rings. The van der Waals surface area contributed by atoms with E-state index in [4.69, 9.17) is 5.73 Å². The van der Waals surface area contributed by atoms with Gasteiger partial charge in [-0.25, -0.2) is 0 Å². The SMILES string of the molecule is NC(CNC(=O)c1cccnc1)c1ccccc1. The molecule has 1 unspecified atom stereocenters. The maximum Gasteiger partial charge on any atom is 0.252 e. The molecule has 0 aliphatic heterocycles. The topological polar surface area (TPSA) is 68.0 Å². The van der Waals surface area contributed by atoms with E-state index >= 15 is 0 Å². The van der Waals surface area contributed by atoms with Crippen molar-refractivity contribution in [2.45, 2.75) is 6.04 Å². The quantitative estimate of drug-likeness (QED) is 0.852. The molecule has 4 heteroatoms. The molecular weight excluding hydrogens is 226 g/mol. The molecule has 4 nitrogen and oxygen atoms in total. The van der Waals surface area contributed by atoms with Gasteiger partial charge in [-0.1, -0.05) is 30.3 Å². The van der Waals surface area contributed by atoms with Gasteiger partial charge in [-0.05, 0) is 17.7 Å². The van der Waals surface area contributed by atoms with Crippen LogP contribution < -0.4 is 11.1 Å². The highest BCUT2D eigenvalue weighted by atomic mass is 16.1. The first kappa shape index (κ1) is 12.3. The number of carbonyl (C=O) groups is 1. The Labute approximate surface area is 106 Å². The third-order valence-electron chi connectivity index (χ3n) is 2.63. The van der Waals surface area contributed by atoms with E-state index in [1.807, 2.05) is 30.3 Å². The van der Waals surface area contributed by atoms with Crippen LogP contribution in [0.1, 0.15) is 22.0 Å². The minimum Gasteiger partial charge on any atom is -0.350 e. The predicted molar refractivity (Wildman–Crippen MR) is 69.9 cm³/mol. The highest BCUT2D eigenvalue weighted by Crippen LogP contribution is 2.08. The van der Waals surface area contributed by atoms with Gasteiger partial charge in [-0.3, -0.25) is 9.78 Å². The summed E-state index contributed by atoms with van der Waals surface area (Å²) in [5.41, 5.74) is 7.53. The molecule has 1 aromatic heterocycles. The van der Waals surface area contributed by atoms with Crippen molar-refractivity contribution in [2.75, 3.05) is 6.54 Å². The largest absolute Gasteiger partial charge is 0.350 e. The van der Waals surface area contributed by atoms with Crippen molar-refractivity contribution in [3.05, 3.63) is 66.0 Å². The molecule has 0 bridgehead atoms. The Balaban J connectivity index is 1.91. The monoisotopic (exact) mass is 241 g/mol. The van der Waals surface area contributed by atoms with Crippen LogP contribution in [0.25, 0.3) is 0 Å². The van der Waals surface area contributed by atoms with Crippen LogP contribution in [0.15, 0.2) is 54.9 Å². The van der Waals surface area contributed by atoms with Crippen molar-refractivity contribution in [2.24, 2.45) is 5.73 Å². The van der Waals surface area contributed by atoms with Gasteiger partial charge in [0.1, 0.15) is 0 Å². The average Bonchev–Trinajstić information content (AvgIpc) is 2.46. The Morgan fingerprint density at radius 2 is 2.00 bits per heavy atom. The predicted octanol–water partition coefficient (Wildman–Crippen LogP) is 1.51. The Kier molecular flexibility index (Phi) is 4.04.